The number of anilines is 1. The predicted molar refractivity (Wildman–Crippen MR) is 82.5 cm³/mol. The molecule has 0 aliphatic heterocycles. The summed E-state index contributed by atoms with van der Waals surface area (Å²) in [5, 5.41) is 0. The van der Waals surface area contributed by atoms with Crippen LogP contribution >= 0.6 is 0 Å². The second-order valence-corrected chi connectivity index (χ2v) is 7.41. The second-order valence-electron chi connectivity index (χ2n) is 5.76. The molecule has 0 spiro atoms. The third kappa shape index (κ3) is 2.81. The minimum absolute atomic E-state index is 0.0387. The van der Waals surface area contributed by atoms with Crippen molar-refractivity contribution in [2.24, 2.45) is 11.3 Å². The number of sulfonamides is 1. The molecule has 1 saturated carbocycles. The first-order valence-corrected chi connectivity index (χ1v) is 8.17. The van der Waals surface area contributed by atoms with Crippen LogP contribution in [0.4, 0.5) is 5.69 Å². The molecular formula is C15H20N2O3S. The van der Waals surface area contributed by atoms with Crippen LogP contribution in [0.1, 0.15) is 13.3 Å². The largest absolute Gasteiger partial charge is 0.377 e. The molecule has 114 valence electrons. The fraction of sp³-hybridized carbons (Fsp3) is 0.400. The molecule has 0 heterocycles. The van der Waals surface area contributed by atoms with E-state index in [4.69, 9.17) is 0 Å². The number of carbonyl (C=O) groups excluding carboxylic acids is 1. The number of rotatable bonds is 5. The van der Waals surface area contributed by atoms with Crippen LogP contribution in [0.5, 0.6) is 0 Å². The molecule has 2 rings (SSSR count). The van der Waals surface area contributed by atoms with Gasteiger partial charge in [-0.05, 0) is 24.5 Å². The maximum absolute atomic E-state index is 12.5. The van der Waals surface area contributed by atoms with E-state index in [0.29, 0.717) is 12.1 Å². The van der Waals surface area contributed by atoms with Gasteiger partial charge in [0.2, 0.25) is 5.91 Å². The number of nitrogens with zero attached hydrogens (tertiary/aromatic N) is 1. The Kier molecular flexibility index (Phi) is 3.84. The lowest BCUT2D eigenvalue weighted by atomic mass is 10.1. The summed E-state index contributed by atoms with van der Waals surface area (Å²) in [5.74, 6) is -0.433. The zero-order valence-electron chi connectivity index (χ0n) is 12.5. The highest BCUT2D eigenvalue weighted by Gasteiger charge is 2.55. The highest BCUT2D eigenvalue weighted by Crippen LogP contribution is 2.53. The summed E-state index contributed by atoms with van der Waals surface area (Å²) in [6.07, 6.45) is 2.33. The lowest BCUT2D eigenvalue weighted by Gasteiger charge is -2.18. The van der Waals surface area contributed by atoms with Gasteiger partial charge in [0.25, 0.3) is 10.0 Å². The smallest absolute Gasteiger partial charge is 0.266 e. The van der Waals surface area contributed by atoms with Gasteiger partial charge < -0.3 is 4.90 Å². The van der Waals surface area contributed by atoms with Crippen LogP contribution in [0.25, 0.3) is 0 Å². The summed E-state index contributed by atoms with van der Waals surface area (Å²) in [6, 6.07) is 6.58. The summed E-state index contributed by atoms with van der Waals surface area (Å²) in [6.45, 7) is 5.41. The second kappa shape index (κ2) is 5.18. The summed E-state index contributed by atoms with van der Waals surface area (Å²) >= 11 is 0. The van der Waals surface area contributed by atoms with E-state index in [1.54, 1.807) is 50.2 Å². The van der Waals surface area contributed by atoms with Crippen LogP contribution < -0.4 is 9.62 Å². The Morgan fingerprint density at radius 3 is 2.57 bits per heavy atom. The quantitative estimate of drug-likeness (QED) is 0.842. The van der Waals surface area contributed by atoms with Crippen LogP contribution in [-0.4, -0.2) is 28.4 Å². The van der Waals surface area contributed by atoms with Crippen molar-refractivity contribution in [3.05, 3.63) is 36.9 Å². The zero-order chi connectivity index (χ0) is 15.8. The van der Waals surface area contributed by atoms with Crippen LogP contribution in [-0.2, 0) is 14.8 Å². The first-order chi connectivity index (χ1) is 9.72. The molecule has 6 heteroatoms. The number of allylic oxidation sites excluding steroid dienone is 1. The molecule has 21 heavy (non-hydrogen) atoms. The van der Waals surface area contributed by atoms with Crippen LogP contribution in [0, 0.1) is 11.3 Å². The van der Waals surface area contributed by atoms with E-state index < -0.39 is 21.3 Å². The minimum Gasteiger partial charge on any atom is -0.377 e. The fourth-order valence-corrected chi connectivity index (χ4v) is 3.72. The van der Waals surface area contributed by atoms with E-state index in [1.165, 1.54) is 6.07 Å². The average Bonchev–Trinajstić information content (AvgIpc) is 3.11. The average molecular weight is 308 g/mol. The van der Waals surface area contributed by atoms with E-state index in [2.05, 4.69) is 11.3 Å². The van der Waals surface area contributed by atoms with Crippen molar-refractivity contribution in [3.63, 3.8) is 0 Å². The van der Waals surface area contributed by atoms with Crippen molar-refractivity contribution in [1.29, 1.82) is 0 Å². The Morgan fingerprint density at radius 2 is 2.05 bits per heavy atom. The van der Waals surface area contributed by atoms with Crippen LogP contribution in [0.3, 0.4) is 0 Å². The number of hydrogen-bond donors (Lipinski definition) is 1. The molecule has 0 saturated heterocycles. The number of benzene rings is 1. The Labute approximate surface area is 125 Å². The van der Waals surface area contributed by atoms with Gasteiger partial charge in [-0.2, -0.15) is 0 Å². The number of amides is 1. The third-order valence-electron chi connectivity index (χ3n) is 3.97. The molecule has 0 aromatic heterocycles. The van der Waals surface area contributed by atoms with Gasteiger partial charge in [-0.15, -0.1) is 6.58 Å². The van der Waals surface area contributed by atoms with Gasteiger partial charge in [-0.1, -0.05) is 25.1 Å². The van der Waals surface area contributed by atoms with Crippen LogP contribution in [0.15, 0.2) is 41.8 Å². The van der Waals surface area contributed by atoms with Crippen molar-refractivity contribution in [3.8, 4) is 0 Å². The number of nitrogens with one attached hydrogen (secondary N) is 1. The third-order valence-corrected chi connectivity index (χ3v) is 5.35. The number of para-hydroxylation sites is 1. The maximum Gasteiger partial charge on any atom is 0.266 e. The summed E-state index contributed by atoms with van der Waals surface area (Å²) in [7, 11) is -0.373. The Hall–Kier alpha value is -1.82. The van der Waals surface area contributed by atoms with Crippen molar-refractivity contribution < 1.29 is 13.2 Å². The van der Waals surface area contributed by atoms with Gasteiger partial charge in [0.05, 0.1) is 11.1 Å². The molecule has 0 bridgehead atoms. The first-order valence-electron chi connectivity index (χ1n) is 6.68. The van der Waals surface area contributed by atoms with Gasteiger partial charge in [-0.3, -0.25) is 4.79 Å². The van der Waals surface area contributed by atoms with Gasteiger partial charge in [-0.25, -0.2) is 13.1 Å². The molecule has 0 unspecified atom stereocenters. The molecule has 2 atom stereocenters. The van der Waals surface area contributed by atoms with Crippen LogP contribution in [0.2, 0.25) is 0 Å². The highest BCUT2D eigenvalue weighted by atomic mass is 32.2. The molecule has 5 nitrogen and oxygen atoms in total. The summed E-state index contributed by atoms with van der Waals surface area (Å²) < 4.78 is 27.1. The summed E-state index contributed by atoms with van der Waals surface area (Å²) in [4.78, 5) is 14.0. The summed E-state index contributed by atoms with van der Waals surface area (Å²) in [5.41, 5.74) is -0.124. The van der Waals surface area contributed by atoms with E-state index in [1.807, 2.05) is 0 Å². The SMILES string of the molecule is C=C[C@@H]1C[C@]1(C)C(=O)NS(=O)(=O)c1ccccc1N(C)C. The molecule has 1 amide bonds. The van der Waals surface area contributed by atoms with Crippen molar-refractivity contribution >= 4 is 21.6 Å². The van der Waals surface area contributed by atoms with E-state index >= 15 is 0 Å². The molecular weight excluding hydrogens is 288 g/mol. The van der Waals surface area contributed by atoms with Gasteiger partial charge >= 0.3 is 0 Å². The normalized spacial score (nSPS) is 24.2. The predicted octanol–water partition coefficient (Wildman–Crippen LogP) is 1.77. The number of hydrogen-bond acceptors (Lipinski definition) is 4. The van der Waals surface area contributed by atoms with Gasteiger partial charge in [0.1, 0.15) is 4.90 Å². The topological polar surface area (TPSA) is 66.5 Å². The molecule has 1 fully saturated rings. The lowest BCUT2D eigenvalue weighted by Crippen LogP contribution is -2.37. The molecule has 1 N–H and O–H groups in total. The van der Waals surface area contributed by atoms with Crippen molar-refractivity contribution in [2.75, 3.05) is 19.0 Å². The Bertz CT molecular complexity index is 682. The van der Waals surface area contributed by atoms with E-state index in [-0.39, 0.29) is 10.8 Å². The molecule has 1 aliphatic rings. The molecule has 0 radical (unpaired) electrons. The monoisotopic (exact) mass is 308 g/mol. The fourth-order valence-electron chi connectivity index (χ4n) is 2.35. The van der Waals surface area contributed by atoms with Gasteiger partial charge in [0.15, 0.2) is 0 Å². The van der Waals surface area contributed by atoms with E-state index in [0.717, 1.165) is 0 Å². The highest BCUT2D eigenvalue weighted by molar-refractivity contribution is 7.90. The molecule has 1 aliphatic carbocycles. The van der Waals surface area contributed by atoms with Crippen molar-refractivity contribution in [2.45, 2.75) is 18.2 Å². The van der Waals surface area contributed by atoms with Crippen molar-refractivity contribution in [1.82, 2.24) is 4.72 Å². The Balaban J connectivity index is 2.28. The maximum atomic E-state index is 12.5. The number of carbonyl (C=O) groups is 1. The molecule has 1 aromatic carbocycles. The molecule has 1 aromatic rings. The Morgan fingerprint density at radius 1 is 1.43 bits per heavy atom. The lowest BCUT2D eigenvalue weighted by molar-refractivity contribution is -0.124. The first kappa shape index (κ1) is 15.6. The minimum atomic E-state index is -3.89. The standard InChI is InChI=1S/C15H20N2O3S/c1-5-11-10-15(11,2)14(18)16-21(19,20)13-9-7-6-8-12(13)17(3)4/h5-9,11H,1,10H2,2-4H3,(H,16,18)/t11-,15+/m1/s1. The zero-order valence-corrected chi connectivity index (χ0v) is 13.3. The van der Waals surface area contributed by atoms with E-state index in [9.17, 15) is 13.2 Å². The van der Waals surface area contributed by atoms with Gasteiger partial charge in [0, 0.05) is 14.1 Å².